The van der Waals surface area contributed by atoms with Crippen molar-refractivity contribution in [2.45, 2.75) is 12.3 Å². The van der Waals surface area contributed by atoms with Crippen molar-refractivity contribution >= 4 is 5.97 Å². The van der Waals surface area contributed by atoms with Gasteiger partial charge in [-0.1, -0.05) is 0 Å². The molecule has 1 heterocycles. The number of nitrogens with zero attached hydrogens (tertiary/aromatic N) is 1. The zero-order chi connectivity index (χ0) is 8.55. The molecule has 0 radical (unpaired) electrons. The van der Waals surface area contributed by atoms with Crippen LogP contribution in [0, 0.1) is 5.92 Å². The number of methoxy groups -OCH3 is 1. The number of ether oxygens (including phenoxy) is 1. The molecule has 0 aliphatic heterocycles. The maximum atomic E-state index is 11.0. The van der Waals surface area contributed by atoms with Gasteiger partial charge in [0.1, 0.15) is 0 Å². The molecular weight excluding hydrogens is 156 g/mol. The van der Waals surface area contributed by atoms with E-state index < -0.39 is 0 Å². The third-order valence-electron chi connectivity index (χ3n) is 2.21. The lowest BCUT2D eigenvalue weighted by Crippen LogP contribution is -2.03. The summed E-state index contributed by atoms with van der Waals surface area (Å²) in [6.07, 6.45) is 4.27. The summed E-state index contributed by atoms with van der Waals surface area (Å²) in [5, 5.41) is 0. The summed E-state index contributed by atoms with van der Waals surface area (Å²) in [7, 11) is 1.42. The van der Waals surface area contributed by atoms with Gasteiger partial charge < -0.3 is 9.72 Å². The number of hydrogen-bond acceptors (Lipinski definition) is 3. The molecule has 0 saturated heterocycles. The molecule has 1 aromatic rings. The molecule has 1 N–H and O–H groups in total. The van der Waals surface area contributed by atoms with E-state index in [1.165, 1.54) is 7.11 Å². The standard InChI is InChI=1S/C8H10N2O2/c1-12-8(11)6-2-5(6)7-3-9-4-10-7/h3-6H,2H2,1H3,(H,9,10)/t5-,6-/m0/s1. The van der Waals surface area contributed by atoms with Crippen LogP contribution < -0.4 is 0 Å². The molecule has 1 saturated carbocycles. The number of imidazole rings is 1. The number of carbonyl (C=O) groups excluding carboxylic acids is 1. The second kappa shape index (κ2) is 2.62. The second-order valence-corrected chi connectivity index (χ2v) is 2.98. The largest absolute Gasteiger partial charge is 0.469 e. The fourth-order valence-corrected chi connectivity index (χ4v) is 1.42. The number of H-pyrrole nitrogens is 1. The summed E-state index contributed by atoms with van der Waals surface area (Å²) in [5.41, 5.74) is 1.03. The summed E-state index contributed by atoms with van der Waals surface area (Å²) in [5.74, 6) is 0.241. The highest BCUT2D eigenvalue weighted by Gasteiger charge is 2.45. The molecule has 2 atom stereocenters. The molecule has 2 rings (SSSR count). The van der Waals surface area contributed by atoms with Crippen LogP contribution in [0.3, 0.4) is 0 Å². The zero-order valence-corrected chi connectivity index (χ0v) is 6.78. The van der Waals surface area contributed by atoms with Gasteiger partial charge in [-0.15, -0.1) is 0 Å². The van der Waals surface area contributed by atoms with E-state index in [1.807, 2.05) is 0 Å². The Bertz CT molecular complexity index is 281. The molecule has 0 aromatic carbocycles. The highest BCUT2D eigenvalue weighted by atomic mass is 16.5. The van der Waals surface area contributed by atoms with E-state index in [-0.39, 0.29) is 11.9 Å². The van der Waals surface area contributed by atoms with Gasteiger partial charge in [0.2, 0.25) is 0 Å². The van der Waals surface area contributed by atoms with Gasteiger partial charge >= 0.3 is 5.97 Å². The molecule has 0 amide bonds. The summed E-state index contributed by atoms with van der Waals surface area (Å²) in [4.78, 5) is 17.9. The Labute approximate surface area is 70.0 Å². The third kappa shape index (κ3) is 1.09. The van der Waals surface area contributed by atoms with Crippen LogP contribution in [-0.2, 0) is 9.53 Å². The summed E-state index contributed by atoms with van der Waals surface area (Å²) < 4.78 is 4.63. The minimum Gasteiger partial charge on any atom is -0.469 e. The van der Waals surface area contributed by atoms with Gasteiger partial charge in [-0.25, -0.2) is 4.98 Å². The van der Waals surface area contributed by atoms with Gasteiger partial charge in [0, 0.05) is 17.8 Å². The molecule has 4 heteroatoms. The lowest BCUT2D eigenvalue weighted by molar-refractivity contribution is -0.142. The minimum absolute atomic E-state index is 0.0513. The summed E-state index contributed by atoms with van der Waals surface area (Å²) in [6.45, 7) is 0. The zero-order valence-electron chi connectivity index (χ0n) is 6.78. The van der Waals surface area contributed by atoms with Crippen molar-refractivity contribution in [3.8, 4) is 0 Å². The Morgan fingerprint density at radius 1 is 1.83 bits per heavy atom. The van der Waals surface area contributed by atoms with Gasteiger partial charge in [0.05, 0.1) is 19.4 Å². The van der Waals surface area contributed by atoms with E-state index in [2.05, 4.69) is 14.7 Å². The highest BCUT2D eigenvalue weighted by molar-refractivity contribution is 5.76. The van der Waals surface area contributed by atoms with Gasteiger partial charge in [0.15, 0.2) is 0 Å². The van der Waals surface area contributed by atoms with Crippen LogP contribution in [0.5, 0.6) is 0 Å². The molecule has 0 unspecified atom stereocenters. The smallest absolute Gasteiger partial charge is 0.309 e. The number of aromatic nitrogens is 2. The predicted molar refractivity (Wildman–Crippen MR) is 41.5 cm³/mol. The third-order valence-corrected chi connectivity index (χ3v) is 2.21. The van der Waals surface area contributed by atoms with Crippen LogP contribution in [0.25, 0.3) is 0 Å². The molecule has 12 heavy (non-hydrogen) atoms. The average molecular weight is 166 g/mol. The Hall–Kier alpha value is -1.32. The van der Waals surface area contributed by atoms with E-state index in [9.17, 15) is 4.79 Å². The summed E-state index contributed by atoms with van der Waals surface area (Å²) >= 11 is 0. The minimum atomic E-state index is -0.116. The van der Waals surface area contributed by atoms with Crippen molar-refractivity contribution in [2.75, 3.05) is 7.11 Å². The van der Waals surface area contributed by atoms with Crippen LogP contribution in [0.2, 0.25) is 0 Å². The number of aromatic amines is 1. The quantitative estimate of drug-likeness (QED) is 0.657. The molecule has 1 aliphatic carbocycles. The van der Waals surface area contributed by atoms with Crippen molar-refractivity contribution < 1.29 is 9.53 Å². The monoisotopic (exact) mass is 166 g/mol. The fraction of sp³-hybridized carbons (Fsp3) is 0.500. The van der Waals surface area contributed by atoms with Gasteiger partial charge in [-0.3, -0.25) is 4.79 Å². The number of esters is 1. The Balaban J connectivity index is 2.01. The number of hydrogen-bond donors (Lipinski definition) is 1. The van der Waals surface area contributed by atoms with Crippen LogP contribution in [0.1, 0.15) is 18.0 Å². The first-order valence-corrected chi connectivity index (χ1v) is 3.89. The van der Waals surface area contributed by atoms with Crippen LogP contribution in [-0.4, -0.2) is 23.0 Å². The van der Waals surface area contributed by atoms with Gasteiger partial charge in [-0.2, -0.15) is 0 Å². The average Bonchev–Trinajstić information content (AvgIpc) is 2.71. The molecule has 1 aromatic heterocycles. The number of rotatable bonds is 2. The van der Waals surface area contributed by atoms with Crippen molar-refractivity contribution in [2.24, 2.45) is 5.92 Å². The lowest BCUT2D eigenvalue weighted by atomic mass is 10.2. The van der Waals surface area contributed by atoms with Crippen LogP contribution in [0.4, 0.5) is 0 Å². The van der Waals surface area contributed by atoms with Crippen LogP contribution >= 0.6 is 0 Å². The first kappa shape index (κ1) is 7.34. The van der Waals surface area contributed by atoms with Crippen molar-refractivity contribution in [1.82, 2.24) is 9.97 Å². The Morgan fingerprint density at radius 2 is 2.67 bits per heavy atom. The first-order valence-electron chi connectivity index (χ1n) is 3.89. The lowest BCUT2D eigenvalue weighted by Gasteiger charge is -1.94. The van der Waals surface area contributed by atoms with E-state index in [1.54, 1.807) is 12.5 Å². The number of carbonyl (C=O) groups is 1. The topological polar surface area (TPSA) is 55.0 Å². The first-order chi connectivity index (χ1) is 5.83. The van der Waals surface area contributed by atoms with E-state index >= 15 is 0 Å². The molecule has 64 valence electrons. The molecule has 4 nitrogen and oxygen atoms in total. The molecule has 1 aliphatic rings. The van der Waals surface area contributed by atoms with Crippen molar-refractivity contribution in [3.63, 3.8) is 0 Å². The SMILES string of the molecule is COC(=O)[C@H]1C[C@@H]1c1cnc[nH]1. The molecule has 0 spiro atoms. The van der Waals surface area contributed by atoms with Gasteiger partial charge in [-0.05, 0) is 6.42 Å². The van der Waals surface area contributed by atoms with E-state index in [0.717, 1.165) is 12.1 Å². The maximum absolute atomic E-state index is 11.0. The molecular formula is C8H10N2O2. The Morgan fingerprint density at radius 3 is 3.25 bits per heavy atom. The predicted octanol–water partition coefficient (Wildman–Crippen LogP) is 0.686. The second-order valence-electron chi connectivity index (χ2n) is 2.98. The highest BCUT2D eigenvalue weighted by Crippen LogP contribution is 2.46. The molecule has 0 bridgehead atoms. The summed E-state index contributed by atoms with van der Waals surface area (Å²) in [6, 6.07) is 0. The van der Waals surface area contributed by atoms with E-state index in [4.69, 9.17) is 0 Å². The number of nitrogens with one attached hydrogen (secondary N) is 1. The Kier molecular flexibility index (Phi) is 1.60. The van der Waals surface area contributed by atoms with Crippen molar-refractivity contribution in [3.05, 3.63) is 18.2 Å². The maximum Gasteiger partial charge on any atom is 0.309 e. The fourth-order valence-electron chi connectivity index (χ4n) is 1.42. The molecule has 1 fully saturated rings. The van der Waals surface area contributed by atoms with Crippen LogP contribution in [0.15, 0.2) is 12.5 Å². The van der Waals surface area contributed by atoms with Crippen molar-refractivity contribution in [1.29, 1.82) is 0 Å². The van der Waals surface area contributed by atoms with E-state index in [0.29, 0.717) is 5.92 Å². The van der Waals surface area contributed by atoms with Gasteiger partial charge in [0.25, 0.3) is 0 Å². The normalized spacial score (nSPS) is 26.8.